The normalized spacial score (nSPS) is 10.8. The zero-order chi connectivity index (χ0) is 11.9. The Morgan fingerprint density at radius 2 is 1.88 bits per heavy atom. The summed E-state index contributed by atoms with van der Waals surface area (Å²) in [5, 5.41) is 1.99. The number of hydrogen-bond acceptors (Lipinski definition) is 2. The number of aryl methyl sites for hydroxylation is 1. The lowest BCUT2D eigenvalue weighted by molar-refractivity contribution is 0.419. The number of fused-ring (bicyclic) bond motifs is 1. The molecule has 0 fully saturated rings. The second-order valence-electron chi connectivity index (χ2n) is 3.61. The molecule has 0 saturated carbocycles. The van der Waals surface area contributed by atoms with E-state index >= 15 is 0 Å². The quantitative estimate of drug-likeness (QED) is 0.764. The molecule has 1 aromatic carbocycles. The number of nitrogens with zero attached hydrogens (tertiary/aromatic N) is 1. The summed E-state index contributed by atoms with van der Waals surface area (Å²) in [6.45, 7) is 3.85. The lowest BCUT2D eigenvalue weighted by atomic mass is 10.1. The molecule has 0 unspecified atom stereocenters. The van der Waals surface area contributed by atoms with Gasteiger partial charge in [-0.2, -0.15) is 0 Å². The van der Waals surface area contributed by atoms with Gasteiger partial charge in [-0.25, -0.2) is 4.98 Å². The lowest BCUT2D eigenvalue weighted by Crippen LogP contribution is -1.94. The van der Waals surface area contributed by atoms with Gasteiger partial charge in [0.05, 0.1) is 17.2 Å². The molecule has 2 aromatic rings. The largest absolute Gasteiger partial charge is 0.494 e. The van der Waals surface area contributed by atoms with Gasteiger partial charge in [0.1, 0.15) is 11.3 Å². The maximum atomic E-state index is 6.29. The summed E-state index contributed by atoms with van der Waals surface area (Å²) >= 11 is 12.4. The highest BCUT2D eigenvalue weighted by Crippen LogP contribution is 2.37. The van der Waals surface area contributed by atoms with Gasteiger partial charge in [-0.1, -0.05) is 23.2 Å². The van der Waals surface area contributed by atoms with E-state index in [0.717, 1.165) is 16.6 Å². The molecule has 2 nitrogen and oxygen atoms in total. The van der Waals surface area contributed by atoms with E-state index in [4.69, 9.17) is 27.9 Å². The van der Waals surface area contributed by atoms with Crippen LogP contribution in [0.4, 0.5) is 0 Å². The second kappa shape index (κ2) is 4.11. The van der Waals surface area contributed by atoms with Gasteiger partial charge in [0.15, 0.2) is 0 Å². The molecule has 16 heavy (non-hydrogen) atoms. The topological polar surface area (TPSA) is 22.1 Å². The van der Waals surface area contributed by atoms with E-state index in [1.807, 2.05) is 13.8 Å². The molecule has 4 heteroatoms. The Hall–Kier alpha value is -0.990. The Morgan fingerprint density at radius 3 is 2.50 bits per heavy atom. The Labute approximate surface area is 104 Å². The van der Waals surface area contributed by atoms with Crippen LogP contribution in [-0.2, 0) is 0 Å². The van der Waals surface area contributed by atoms with Crippen LogP contribution >= 0.6 is 23.2 Å². The molecule has 0 aliphatic carbocycles. The maximum Gasteiger partial charge on any atom is 0.145 e. The number of ether oxygens (including phenoxy) is 1. The monoisotopic (exact) mass is 255 g/mol. The number of aromatic nitrogens is 1. The van der Waals surface area contributed by atoms with Crippen LogP contribution in [-0.4, -0.2) is 12.1 Å². The molecule has 0 atom stereocenters. The molecule has 0 aliphatic rings. The van der Waals surface area contributed by atoms with Crippen molar-refractivity contribution in [2.75, 3.05) is 7.11 Å². The van der Waals surface area contributed by atoms with Crippen LogP contribution in [0, 0.1) is 13.8 Å². The predicted octanol–water partition coefficient (Wildman–Crippen LogP) is 4.17. The first-order valence-corrected chi connectivity index (χ1v) is 5.60. The molecule has 1 heterocycles. The zero-order valence-corrected chi connectivity index (χ0v) is 10.8. The van der Waals surface area contributed by atoms with Gasteiger partial charge in [0.2, 0.25) is 0 Å². The van der Waals surface area contributed by atoms with Crippen molar-refractivity contribution in [2.45, 2.75) is 13.8 Å². The maximum absolute atomic E-state index is 6.29. The van der Waals surface area contributed by atoms with Gasteiger partial charge in [0, 0.05) is 11.1 Å². The highest BCUT2D eigenvalue weighted by Gasteiger charge is 2.13. The Balaban J connectivity index is 2.98. The number of benzene rings is 1. The van der Waals surface area contributed by atoms with Gasteiger partial charge in [0.25, 0.3) is 0 Å². The predicted molar refractivity (Wildman–Crippen MR) is 67.8 cm³/mol. The first-order valence-electron chi connectivity index (χ1n) is 4.85. The number of pyridine rings is 1. The average molecular weight is 256 g/mol. The van der Waals surface area contributed by atoms with Crippen molar-refractivity contribution in [3.63, 3.8) is 0 Å². The van der Waals surface area contributed by atoms with E-state index in [2.05, 4.69) is 4.98 Å². The highest BCUT2D eigenvalue weighted by atomic mass is 35.5. The van der Waals surface area contributed by atoms with Crippen LogP contribution < -0.4 is 4.74 Å². The zero-order valence-electron chi connectivity index (χ0n) is 9.27. The van der Waals surface area contributed by atoms with Crippen LogP contribution in [0.2, 0.25) is 10.0 Å². The molecular weight excluding hydrogens is 245 g/mol. The number of rotatable bonds is 1. The van der Waals surface area contributed by atoms with Crippen molar-refractivity contribution in [1.29, 1.82) is 0 Å². The van der Waals surface area contributed by atoms with E-state index in [0.29, 0.717) is 21.3 Å². The fourth-order valence-corrected chi connectivity index (χ4v) is 2.25. The smallest absolute Gasteiger partial charge is 0.145 e. The number of halogens is 2. The summed E-state index contributed by atoms with van der Waals surface area (Å²) in [5.41, 5.74) is 2.55. The minimum Gasteiger partial charge on any atom is -0.494 e. The fourth-order valence-electron chi connectivity index (χ4n) is 1.63. The van der Waals surface area contributed by atoms with Crippen molar-refractivity contribution >= 4 is 34.1 Å². The highest BCUT2D eigenvalue weighted by molar-refractivity contribution is 6.42. The lowest BCUT2D eigenvalue weighted by Gasteiger charge is -2.11. The third kappa shape index (κ3) is 1.62. The molecular formula is C12H11Cl2NO. The van der Waals surface area contributed by atoms with Crippen molar-refractivity contribution in [1.82, 2.24) is 4.98 Å². The second-order valence-corrected chi connectivity index (χ2v) is 4.39. The van der Waals surface area contributed by atoms with Gasteiger partial charge in [-0.05, 0) is 31.5 Å². The summed E-state index contributed by atoms with van der Waals surface area (Å²) in [7, 11) is 1.60. The van der Waals surface area contributed by atoms with Crippen LogP contribution in [0.25, 0.3) is 10.9 Å². The first-order chi connectivity index (χ1) is 7.56. The van der Waals surface area contributed by atoms with E-state index in [9.17, 15) is 0 Å². The molecule has 1 aromatic heterocycles. The van der Waals surface area contributed by atoms with E-state index < -0.39 is 0 Å². The van der Waals surface area contributed by atoms with Crippen LogP contribution in [0.5, 0.6) is 5.75 Å². The summed E-state index contributed by atoms with van der Waals surface area (Å²) in [6, 6.07) is 3.56. The van der Waals surface area contributed by atoms with Crippen molar-refractivity contribution in [3.8, 4) is 5.75 Å². The third-order valence-electron chi connectivity index (χ3n) is 2.68. The first kappa shape index (κ1) is 11.5. The van der Waals surface area contributed by atoms with Crippen molar-refractivity contribution in [2.24, 2.45) is 0 Å². The molecule has 0 saturated heterocycles. The molecule has 84 valence electrons. The van der Waals surface area contributed by atoms with Gasteiger partial charge < -0.3 is 4.74 Å². The summed E-state index contributed by atoms with van der Waals surface area (Å²) < 4.78 is 5.25. The number of hydrogen-bond donors (Lipinski definition) is 0. The molecule has 0 N–H and O–H groups in total. The molecule has 0 bridgehead atoms. The fraction of sp³-hybridized carbons (Fsp3) is 0.250. The molecule has 0 aliphatic heterocycles. The number of methoxy groups -OCH3 is 1. The van der Waals surface area contributed by atoms with Crippen LogP contribution in [0.3, 0.4) is 0 Å². The summed E-state index contributed by atoms with van der Waals surface area (Å²) in [6.07, 6.45) is 0. The Bertz CT molecular complexity index is 567. The third-order valence-corrected chi connectivity index (χ3v) is 3.47. The Morgan fingerprint density at radius 1 is 1.19 bits per heavy atom. The molecule has 2 rings (SSSR count). The van der Waals surface area contributed by atoms with E-state index in [1.54, 1.807) is 19.2 Å². The molecule has 0 amide bonds. The standard InChI is InChI=1S/C12H11Cl2NO/c1-6-7(2)15-12-9(16-3)5-4-8(13)10(12)11(6)14/h4-5H,1-3H3. The summed E-state index contributed by atoms with van der Waals surface area (Å²) in [4.78, 5) is 4.47. The summed E-state index contributed by atoms with van der Waals surface area (Å²) in [5.74, 6) is 0.685. The SMILES string of the molecule is COc1ccc(Cl)c2c(Cl)c(C)c(C)nc12. The van der Waals surface area contributed by atoms with Crippen LogP contribution in [0.1, 0.15) is 11.3 Å². The van der Waals surface area contributed by atoms with E-state index in [1.165, 1.54) is 0 Å². The van der Waals surface area contributed by atoms with Crippen LogP contribution in [0.15, 0.2) is 12.1 Å². The minimum atomic E-state index is 0.594. The minimum absolute atomic E-state index is 0.594. The van der Waals surface area contributed by atoms with Gasteiger partial charge in [-0.15, -0.1) is 0 Å². The Kier molecular flexibility index (Phi) is 2.96. The average Bonchev–Trinajstić information content (AvgIpc) is 2.26. The van der Waals surface area contributed by atoms with Crippen molar-refractivity contribution in [3.05, 3.63) is 33.4 Å². The van der Waals surface area contributed by atoms with Gasteiger partial charge >= 0.3 is 0 Å². The van der Waals surface area contributed by atoms with E-state index in [-0.39, 0.29) is 0 Å². The molecule has 0 spiro atoms. The van der Waals surface area contributed by atoms with Gasteiger partial charge in [-0.3, -0.25) is 0 Å². The van der Waals surface area contributed by atoms with Crippen molar-refractivity contribution < 1.29 is 4.74 Å². The molecule has 0 radical (unpaired) electrons.